The second-order valence-electron chi connectivity index (χ2n) is 16.3. The molecule has 0 aromatic heterocycles. The highest BCUT2D eigenvalue weighted by molar-refractivity contribution is 7.45. The Morgan fingerprint density at radius 1 is 0.804 bits per heavy atom. The number of aliphatic hydroxyl groups excluding tert-OH is 3. The molecule has 1 aliphatic carbocycles. The minimum atomic E-state index is -4.73. The van der Waals surface area contributed by atoms with Gasteiger partial charge in [-0.3, -0.25) is 18.9 Å². The first kappa shape index (κ1) is 52.1. The smallest absolute Gasteiger partial charge is 0.306 e. The maximum Gasteiger partial charge on any atom is 0.306 e. The minimum Gasteiger partial charge on any atom is -0.756 e. The highest BCUT2D eigenvalue weighted by Gasteiger charge is 2.41. The molecule has 0 spiro atoms. The van der Waals surface area contributed by atoms with Gasteiger partial charge in [0.2, 0.25) is 0 Å². The summed E-state index contributed by atoms with van der Waals surface area (Å²) in [6.07, 6.45) is 18.5. The maximum absolute atomic E-state index is 12.9. The zero-order valence-electron chi connectivity index (χ0n) is 35.2. The van der Waals surface area contributed by atoms with Crippen LogP contribution in [0.1, 0.15) is 142 Å². The normalized spacial score (nSPS) is 21.0. The topological polar surface area (TPSA) is 189 Å². The highest BCUT2D eigenvalue weighted by Crippen LogP contribution is 2.39. The third-order valence-corrected chi connectivity index (χ3v) is 10.9. The van der Waals surface area contributed by atoms with E-state index in [9.17, 15) is 39.2 Å². The molecular formula is C42H76NO12P. The zero-order chi connectivity index (χ0) is 41.8. The lowest BCUT2D eigenvalue weighted by atomic mass is 9.87. The number of carbonyl (C=O) groups is 3. The number of ether oxygens (including phenoxy) is 2. The number of ketones is 1. The van der Waals surface area contributed by atoms with E-state index in [0.717, 1.165) is 57.8 Å². The molecule has 1 fully saturated rings. The number of allylic oxidation sites excluding steroid dienone is 2. The van der Waals surface area contributed by atoms with Crippen molar-refractivity contribution in [2.24, 2.45) is 11.8 Å². The van der Waals surface area contributed by atoms with Gasteiger partial charge in [-0.1, -0.05) is 89.5 Å². The Labute approximate surface area is 337 Å². The van der Waals surface area contributed by atoms with Crippen molar-refractivity contribution in [1.82, 2.24) is 0 Å². The monoisotopic (exact) mass is 818 g/mol. The SMILES string of the molecule is CCCC/C=C\CCCCCCCC(=O)OC[C@H](COP(=O)([O-])OCC[N+](C)(C)C)OC(=O)CCCCC(=O)C[C@@H]1[C@@H](/C=C/[C@@H](O)CCCCC)[C@H](O)C[C@@H]1O. The highest BCUT2D eigenvalue weighted by atomic mass is 31.2. The van der Waals surface area contributed by atoms with E-state index in [4.69, 9.17) is 18.5 Å². The van der Waals surface area contributed by atoms with Crippen LogP contribution in [0.2, 0.25) is 0 Å². The number of hydrogen-bond donors (Lipinski definition) is 3. The number of carbonyl (C=O) groups excluding carboxylic acids is 3. The molecule has 0 aromatic rings. The van der Waals surface area contributed by atoms with Crippen molar-refractivity contribution in [3.8, 4) is 0 Å². The van der Waals surface area contributed by atoms with Gasteiger partial charge in [-0.05, 0) is 44.9 Å². The number of rotatable bonds is 34. The molecule has 3 N–H and O–H groups in total. The minimum absolute atomic E-state index is 0.0622. The Hall–Kier alpha value is -1.96. The molecule has 0 heterocycles. The average Bonchev–Trinajstić information content (AvgIpc) is 3.39. The van der Waals surface area contributed by atoms with Crippen molar-refractivity contribution in [1.29, 1.82) is 0 Å². The molecule has 0 aromatic carbocycles. The summed E-state index contributed by atoms with van der Waals surface area (Å²) in [4.78, 5) is 50.5. The third-order valence-electron chi connectivity index (χ3n) is 9.93. The number of quaternary nitrogens is 1. The molecule has 0 bridgehead atoms. The predicted molar refractivity (Wildman–Crippen MR) is 215 cm³/mol. The van der Waals surface area contributed by atoms with Crippen LogP contribution in [0.25, 0.3) is 0 Å². The van der Waals surface area contributed by atoms with Gasteiger partial charge in [0, 0.05) is 43.9 Å². The molecule has 56 heavy (non-hydrogen) atoms. The van der Waals surface area contributed by atoms with Crippen LogP contribution in [0.4, 0.5) is 0 Å². The average molecular weight is 818 g/mol. The molecule has 0 radical (unpaired) electrons. The summed E-state index contributed by atoms with van der Waals surface area (Å²) < 4.78 is 33.6. The van der Waals surface area contributed by atoms with Crippen molar-refractivity contribution in [3.63, 3.8) is 0 Å². The summed E-state index contributed by atoms with van der Waals surface area (Å²) >= 11 is 0. The number of hydrogen-bond acceptors (Lipinski definition) is 12. The summed E-state index contributed by atoms with van der Waals surface area (Å²) in [5, 5.41) is 31.3. The van der Waals surface area contributed by atoms with Gasteiger partial charge in [-0.25, -0.2) is 0 Å². The third kappa shape index (κ3) is 26.9. The van der Waals surface area contributed by atoms with Crippen LogP contribution >= 0.6 is 7.82 Å². The van der Waals surface area contributed by atoms with Gasteiger partial charge in [-0.15, -0.1) is 0 Å². The molecular weight excluding hydrogens is 741 g/mol. The number of unbranched alkanes of at least 4 members (excludes halogenated alkanes) is 10. The zero-order valence-corrected chi connectivity index (χ0v) is 36.0. The Morgan fingerprint density at radius 3 is 2.12 bits per heavy atom. The van der Waals surface area contributed by atoms with Crippen molar-refractivity contribution in [3.05, 3.63) is 24.3 Å². The van der Waals surface area contributed by atoms with E-state index in [1.54, 1.807) is 12.2 Å². The summed E-state index contributed by atoms with van der Waals surface area (Å²) in [5.41, 5.74) is 0. The molecule has 0 amide bonds. The van der Waals surface area contributed by atoms with Gasteiger partial charge in [0.05, 0.1) is 46.1 Å². The fourth-order valence-electron chi connectivity index (χ4n) is 6.45. The standard InChI is InChI=1S/C42H76NO12P/c1-6-8-10-11-12-13-14-15-16-17-19-24-41(48)52-32-36(33-54-56(50,51)53-29-28-43(3,4)5)55-42(49)25-21-20-23-35(45)30-38-37(39(46)31-40(38)47)27-26-34(44)22-18-9-7-2/h11-12,26-27,34,36-40,44,46-47H,6-10,13-25,28-33H2,1-5H3/b12-11-,27-26+/t34-,36+,37+,38+,39+,40-/m0/s1. The van der Waals surface area contributed by atoms with E-state index < -0.39 is 62.6 Å². The van der Waals surface area contributed by atoms with Crippen molar-refractivity contribution < 1.29 is 62.2 Å². The molecule has 1 saturated carbocycles. The van der Waals surface area contributed by atoms with Gasteiger partial charge in [0.25, 0.3) is 7.82 Å². The Balaban J connectivity index is 2.58. The molecule has 7 atom stereocenters. The quantitative estimate of drug-likeness (QED) is 0.0211. The van der Waals surface area contributed by atoms with Crippen LogP contribution in [0, 0.1) is 11.8 Å². The summed E-state index contributed by atoms with van der Waals surface area (Å²) in [6.45, 7) is 3.61. The second kappa shape index (κ2) is 30.1. The van der Waals surface area contributed by atoms with Crippen LogP contribution in [0.3, 0.4) is 0 Å². The maximum atomic E-state index is 12.9. The van der Waals surface area contributed by atoms with Gasteiger partial charge in [0.1, 0.15) is 25.5 Å². The van der Waals surface area contributed by atoms with Crippen molar-refractivity contribution in [2.75, 3.05) is 47.5 Å². The Bertz CT molecular complexity index is 1190. The molecule has 1 unspecified atom stereocenters. The van der Waals surface area contributed by atoms with Gasteiger partial charge < -0.3 is 43.2 Å². The van der Waals surface area contributed by atoms with Crippen LogP contribution in [-0.2, 0) is 37.5 Å². The lowest BCUT2D eigenvalue weighted by Crippen LogP contribution is -2.37. The number of likely N-dealkylation sites (N-methyl/N-ethyl adjacent to an activating group) is 1. The number of phosphoric acid groups is 1. The Morgan fingerprint density at radius 2 is 1.43 bits per heavy atom. The summed E-state index contributed by atoms with van der Waals surface area (Å²) in [6, 6.07) is 0. The fourth-order valence-corrected chi connectivity index (χ4v) is 7.18. The van der Waals surface area contributed by atoms with Crippen molar-refractivity contribution >= 4 is 25.5 Å². The van der Waals surface area contributed by atoms with Gasteiger partial charge in [0.15, 0.2) is 6.10 Å². The molecule has 326 valence electrons. The lowest BCUT2D eigenvalue weighted by Gasteiger charge is -2.28. The molecule has 14 heteroatoms. The van der Waals surface area contributed by atoms with Gasteiger partial charge >= 0.3 is 11.9 Å². The first-order valence-electron chi connectivity index (χ1n) is 21.2. The predicted octanol–water partition coefficient (Wildman–Crippen LogP) is 6.50. The lowest BCUT2D eigenvalue weighted by molar-refractivity contribution is -0.870. The van der Waals surface area contributed by atoms with Crippen LogP contribution in [0.15, 0.2) is 24.3 Å². The van der Waals surface area contributed by atoms with Crippen LogP contribution in [0.5, 0.6) is 0 Å². The number of aliphatic hydroxyl groups is 3. The molecule has 1 aliphatic rings. The number of esters is 2. The van der Waals surface area contributed by atoms with Gasteiger partial charge in [-0.2, -0.15) is 0 Å². The molecule has 1 rings (SSSR count). The molecule has 0 aliphatic heterocycles. The van der Waals surface area contributed by atoms with E-state index >= 15 is 0 Å². The van der Waals surface area contributed by atoms with E-state index in [1.807, 2.05) is 21.1 Å². The summed E-state index contributed by atoms with van der Waals surface area (Å²) in [5.74, 6) is -2.16. The van der Waals surface area contributed by atoms with Crippen LogP contribution < -0.4 is 4.89 Å². The van der Waals surface area contributed by atoms with E-state index in [0.29, 0.717) is 36.7 Å². The fraction of sp³-hybridized carbons (Fsp3) is 0.833. The second-order valence-corrected chi connectivity index (χ2v) is 17.7. The molecule has 13 nitrogen and oxygen atoms in total. The first-order chi connectivity index (χ1) is 26.6. The van der Waals surface area contributed by atoms with Crippen molar-refractivity contribution in [2.45, 2.75) is 167 Å². The van der Waals surface area contributed by atoms with E-state index in [2.05, 4.69) is 26.0 Å². The number of phosphoric ester groups is 1. The van der Waals surface area contributed by atoms with E-state index in [1.165, 1.54) is 12.8 Å². The number of nitrogens with zero attached hydrogens (tertiary/aromatic N) is 1. The number of Topliss-reactive ketones (excluding diaryl/α,β-unsaturated/α-hetero) is 1. The van der Waals surface area contributed by atoms with Crippen LogP contribution in [-0.4, -0.2) is 109 Å². The largest absolute Gasteiger partial charge is 0.756 e. The summed E-state index contributed by atoms with van der Waals surface area (Å²) in [7, 11) is 0.930. The van der Waals surface area contributed by atoms with E-state index in [-0.39, 0.29) is 51.1 Å². The molecule has 0 saturated heterocycles. The first-order valence-corrected chi connectivity index (χ1v) is 22.7. The Kier molecular flexibility index (Phi) is 28.0.